The van der Waals surface area contributed by atoms with Crippen molar-refractivity contribution in [1.82, 2.24) is 0 Å². The van der Waals surface area contributed by atoms with Crippen LogP contribution >= 0.6 is 0 Å². The molecule has 0 saturated heterocycles. The minimum Gasteiger partial charge on any atom is -0.457 e. The summed E-state index contributed by atoms with van der Waals surface area (Å²) in [5, 5.41) is 0. The molecule has 0 fully saturated rings. The number of carbonyl (C=O) groups is 2. The zero-order valence-corrected chi connectivity index (χ0v) is 13.7. The fourth-order valence-electron chi connectivity index (χ4n) is 2.86. The smallest absolute Gasteiger partial charge is 0.266 e. The normalized spacial score (nSPS) is 13.0. The molecule has 3 aromatic rings. The number of benzene rings is 3. The zero-order chi connectivity index (χ0) is 18.3. The van der Waals surface area contributed by atoms with E-state index < -0.39 is 5.91 Å². The number of hydrogen-bond donors (Lipinski definition) is 2. The first-order chi connectivity index (χ1) is 12.5. The first-order valence-electron chi connectivity index (χ1n) is 7.95. The summed E-state index contributed by atoms with van der Waals surface area (Å²) in [6.07, 6.45) is 0. The highest BCUT2D eigenvalue weighted by Crippen LogP contribution is 2.32. The van der Waals surface area contributed by atoms with Gasteiger partial charge in [-0.15, -0.1) is 0 Å². The van der Waals surface area contributed by atoms with Gasteiger partial charge >= 0.3 is 0 Å². The number of imide groups is 1. The molecule has 6 heteroatoms. The molecule has 1 aliphatic rings. The van der Waals surface area contributed by atoms with Crippen LogP contribution in [0.15, 0.2) is 66.7 Å². The number of nitrogens with two attached hydrogens (primary N) is 2. The van der Waals surface area contributed by atoms with Gasteiger partial charge in [0, 0.05) is 17.4 Å². The van der Waals surface area contributed by atoms with Crippen LogP contribution in [0.4, 0.5) is 17.1 Å². The summed E-state index contributed by atoms with van der Waals surface area (Å²) in [4.78, 5) is 26.5. The molecule has 6 nitrogen and oxygen atoms in total. The summed E-state index contributed by atoms with van der Waals surface area (Å²) >= 11 is 0. The quantitative estimate of drug-likeness (QED) is 0.559. The Morgan fingerprint density at radius 2 is 1.38 bits per heavy atom. The number of carbonyl (C=O) groups excluding carboxylic acids is 2. The predicted octanol–water partition coefficient (Wildman–Crippen LogP) is 3.44. The van der Waals surface area contributed by atoms with Crippen LogP contribution in [0.2, 0.25) is 0 Å². The van der Waals surface area contributed by atoms with Crippen LogP contribution in [0, 0.1) is 0 Å². The van der Waals surface area contributed by atoms with Crippen molar-refractivity contribution in [1.29, 1.82) is 0 Å². The predicted molar refractivity (Wildman–Crippen MR) is 99.4 cm³/mol. The summed E-state index contributed by atoms with van der Waals surface area (Å²) in [7, 11) is 0. The highest BCUT2D eigenvalue weighted by Gasteiger charge is 2.36. The van der Waals surface area contributed by atoms with E-state index in [2.05, 4.69) is 0 Å². The lowest BCUT2D eigenvalue weighted by Crippen LogP contribution is -2.29. The summed E-state index contributed by atoms with van der Waals surface area (Å²) in [5.74, 6) is 0.241. The fourth-order valence-corrected chi connectivity index (χ4v) is 2.86. The molecule has 26 heavy (non-hydrogen) atoms. The first kappa shape index (κ1) is 15.7. The molecule has 0 saturated carbocycles. The Balaban J connectivity index is 1.67. The number of fused-ring (bicyclic) bond motifs is 1. The number of nitrogen functional groups attached to an aromatic ring is 2. The maximum absolute atomic E-state index is 12.7. The van der Waals surface area contributed by atoms with Gasteiger partial charge in [-0.3, -0.25) is 9.59 Å². The number of hydrogen-bond acceptors (Lipinski definition) is 5. The molecule has 0 atom stereocenters. The molecule has 128 valence electrons. The third kappa shape index (κ3) is 2.63. The molecule has 3 aromatic carbocycles. The van der Waals surface area contributed by atoms with Crippen molar-refractivity contribution in [2.75, 3.05) is 16.4 Å². The average Bonchev–Trinajstić information content (AvgIpc) is 2.87. The Labute approximate surface area is 149 Å². The van der Waals surface area contributed by atoms with Gasteiger partial charge in [-0.2, -0.15) is 0 Å². The molecular weight excluding hydrogens is 330 g/mol. The van der Waals surface area contributed by atoms with Crippen LogP contribution in [0.1, 0.15) is 20.7 Å². The van der Waals surface area contributed by atoms with E-state index in [0.29, 0.717) is 39.7 Å². The Bertz CT molecular complexity index is 1030. The van der Waals surface area contributed by atoms with Crippen molar-refractivity contribution in [3.05, 3.63) is 77.9 Å². The number of ether oxygens (including phenoxy) is 1. The van der Waals surface area contributed by atoms with Crippen molar-refractivity contribution < 1.29 is 14.3 Å². The largest absolute Gasteiger partial charge is 0.457 e. The molecular formula is C20H15N3O3. The van der Waals surface area contributed by atoms with E-state index in [0.717, 1.165) is 4.90 Å². The van der Waals surface area contributed by atoms with E-state index in [1.807, 2.05) is 0 Å². The van der Waals surface area contributed by atoms with E-state index in [9.17, 15) is 9.59 Å². The van der Waals surface area contributed by atoms with E-state index in [1.54, 1.807) is 66.7 Å². The van der Waals surface area contributed by atoms with Gasteiger partial charge in [0.05, 0.1) is 16.8 Å². The monoisotopic (exact) mass is 345 g/mol. The van der Waals surface area contributed by atoms with Gasteiger partial charge in [-0.05, 0) is 54.6 Å². The molecule has 0 radical (unpaired) electrons. The maximum atomic E-state index is 12.7. The Kier molecular flexibility index (Phi) is 3.58. The summed E-state index contributed by atoms with van der Waals surface area (Å²) in [6, 6.07) is 18.4. The van der Waals surface area contributed by atoms with Crippen LogP contribution in [0.5, 0.6) is 11.5 Å². The van der Waals surface area contributed by atoms with Crippen LogP contribution in [-0.2, 0) is 0 Å². The maximum Gasteiger partial charge on any atom is 0.266 e. The van der Waals surface area contributed by atoms with Crippen molar-refractivity contribution in [3.8, 4) is 11.5 Å². The van der Waals surface area contributed by atoms with Crippen LogP contribution in [-0.4, -0.2) is 11.8 Å². The minimum atomic E-state index is -0.396. The van der Waals surface area contributed by atoms with Gasteiger partial charge < -0.3 is 16.2 Å². The third-order valence-electron chi connectivity index (χ3n) is 4.10. The van der Waals surface area contributed by atoms with E-state index in [-0.39, 0.29) is 5.91 Å². The lowest BCUT2D eigenvalue weighted by molar-refractivity contribution is 0.0926. The van der Waals surface area contributed by atoms with Gasteiger partial charge in [0.1, 0.15) is 11.5 Å². The molecule has 0 bridgehead atoms. The Hall–Kier alpha value is -3.80. The number of nitrogens with zero attached hydrogens (tertiary/aromatic N) is 1. The fraction of sp³-hybridized carbons (Fsp3) is 0. The number of amides is 2. The van der Waals surface area contributed by atoms with E-state index in [4.69, 9.17) is 16.2 Å². The standard InChI is InChI=1S/C20H15N3O3/c21-12-4-6-14(7-5-12)23-19(24)17-9-8-16(11-18(17)20(23)25)26-15-3-1-2-13(22)10-15/h1-11H,21-22H2. The molecule has 4 rings (SSSR count). The van der Waals surface area contributed by atoms with E-state index >= 15 is 0 Å². The molecule has 0 aromatic heterocycles. The van der Waals surface area contributed by atoms with E-state index in [1.165, 1.54) is 0 Å². The second-order valence-corrected chi connectivity index (χ2v) is 5.92. The lowest BCUT2D eigenvalue weighted by Gasteiger charge is -2.13. The van der Waals surface area contributed by atoms with Gasteiger partial charge in [0.2, 0.25) is 0 Å². The first-order valence-corrected chi connectivity index (χ1v) is 7.95. The topological polar surface area (TPSA) is 98.7 Å². The van der Waals surface area contributed by atoms with Crippen molar-refractivity contribution >= 4 is 28.9 Å². The minimum absolute atomic E-state index is 0.299. The Morgan fingerprint density at radius 1 is 0.692 bits per heavy atom. The number of rotatable bonds is 3. The summed E-state index contributed by atoms with van der Waals surface area (Å²) in [5.41, 5.74) is 13.7. The zero-order valence-electron chi connectivity index (χ0n) is 13.7. The molecule has 2 amide bonds. The molecule has 1 aliphatic heterocycles. The highest BCUT2D eigenvalue weighted by atomic mass is 16.5. The highest BCUT2D eigenvalue weighted by molar-refractivity contribution is 6.34. The molecule has 0 unspecified atom stereocenters. The van der Waals surface area contributed by atoms with Crippen molar-refractivity contribution in [2.45, 2.75) is 0 Å². The molecule has 4 N–H and O–H groups in total. The molecule has 0 aliphatic carbocycles. The van der Waals surface area contributed by atoms with Gasteiger partial charge in [0.15, 0.2) is 0 Å². The SMILES string of the molecule is Nc1ccc(N2C(=O)c3ccc(Oc4cccc(N)c4)cc3C2=O)cc1. The summed E-state index contributed by atoms with van der Waals surface area (Å²) < 4.78 is 5.75. The number of anilines is 3. The van der Waals surface area contributed by atoms with Crippen molar-refractivity contribution in [2.24, 2.45) is 0 Å². The Morgan fingerprint density at radius 3 is 2.12 bits per heavy atom. The van der Waals surface area contributed by atoms with Crippen LogP contribution in [0.3, 0.4) is 0 Å². The van der Waals surface area contributed by atoms with Crippen LogP contribution < -0.4 is 21.1 Å². The van der Waals surface area contributed by atoms with Crippen molar-refractivity contribution in [3.63, 3.8) is 0 Å². The summed E-state index contributed by atoms with van der Waals surface area (Å²) in [6.45, 7) is 0. The average molecular weight is 345 g/mol. The molecule has 1 heterocycles. The lowest BCUT2D eigenvalue weighted by atomic mass is 10.1. The van der Waals surface area contributed by atoms with Gasteiger partial charge in [-0.25, -0.2) is 4.90 Å². The van der Waals surface area contributed by atoms with Gasteiger partial charge in [-0.1, -0.05) is 6.07 Å². The van der Waals surface area contributed by atoms with Crippen LogP contribution in [0.25, 0.3) is 0 Å². The van der Waals surface area contributed by atoms with Gasteiger partial charge in [0.25, 0.3) is 11.8 Å². The second-order valence-electron chi connectivity index (χ2n) is 5.92. The third-order valence-corrected chi connectivity index (χ3v) is 4.10. The second kappa shape index (κ2) is 5.93. The molecule has 0 spiro atoms.